The number of morpholine rings is 1. The Balaban J connectivity index is 1.80. The van der Waals surface area contributed by atoms with Gasteiger partial charge in [-0.15, -0.1) is 0 Å². The number of carbonyl (C=O) groups is 2. The van der Waals surface area contributed by atoms with Crippen LogP contribution in [0.25, 0.3) is 0 Å². The van der Waals surface area contributed by atoms with Crippen molar-refractivity contribution < 1.29 is 19.2 Å². The standard InChI is InChI=1S/C16H19N3O5/c1-10-8-17(9-11(2)24-10)14-7-15(20)18(16(14)21)12-3-5-13(6-4-12)19(22)23/h3-6,10-11,14H,7-9H2,1-2H3/t10-,11-,14+/m0/s1. The highest BCUT2D eigenvalue weighted by Gasteiger charge is 2.44. The van der Waals surface area contributed by atoms with Gasteiger partial charge >= 0.3 is 0 Å². The van der Waals surface area contributed by atoms with Crippen molar-refractivity contribution in [2.24, 2.45) is 0 Å². The molecule has 0 unspecified atom stereocenters. The first-order chi connectivity index (χ1) is 11.4. The van der Waals surface area contributed by atoms with Gasteiger partial charge in [-0.3, -0.25) is 24.6 Å². The number of imide groups is 1. The number of non-ortho nitro benzene ring substituents is 1. The molecular weight excluding hydrogens is 314 g/mol. The van der Waals surface area contributed by atoms with E-state index >= 15 is 0 Å². The summed E-state index contributed by atoms with van der Waals surface area (Å²) in [5.41, 5.74) is 0.290. The van der Waals surface area contributed by atoms with Crippen molar-refractivity contribution in [3.8, 4) is 0 Å². The molecule has 0 aromatic heterocycles. The smallest absolute Gasteiger partial charge is 0.269 e. The van der Waals surface area contributed by atoms with Gasteiger partial charge in [0.25, 0.3) is 11.6 Å². The first kappa shape index (κ1) is 16.5. The lowest BCUT2D eigenvalue weighted by atomic mass is 10.1. The third kappa shape index (κ3) is 3.02. The molecule has 2 aliphatic rings. The van der Waals surface area contributed by atoms with Crippen LogP contribution in [0.3, 0.4) is 0 Å². The van der Waals surface area contributed by atoms with Crippen molar-refractivity contribution in [1.29, 1.82) is 0 Å². The van der Waals surface area contributed by atoms with Crippen molar-refractivity contribution in [2.45, 2.75) is 38.5 Å². The van der Waals surface area contributed by atoms with Crippen LogP contribution in [0.15, 0.2) is 24.3 Å². The summed E-state index contributed by atoms with van der Waals surface area (Å²) in [5.74, 6) is -0.569. The average molecular weight is 333 g/mol. The van der Waals surface area contributed by atoms with Crippen LogP contribution in [0, 0.1) is 10.1 Å². The van der Waals surface area contributed by atoms with E-state index in [2.05, 4.69) is 0 Å². The summed E-state index contributed by atoms with van der Waals surface area (Å²) in [6, 6.07) is 4.95. The van der Waals surface area contributed by atoms with Crippen molar-refractivity contribution in [3.63, 3.8) is 0 Å². The summed E-state index contributed by atoms with van der Waals surface area (Å²) < 4.78 is 5.67. The molecule has 0 aliphatic carbocycles. The molecular formula is C16H19N3O5. The number of amides is 2. The molecule has 2 saturated heterocycles. The molecule has 24 heavy (non-hydrogen) atoms. The largest absolute Gasteiger partial charge is 0.373 e. The third-order valence-electron chi connectivity index (χ3n) is 4.33. The van der Waals surface area contributed by atoms with Crippen molar-refractivity contribution >= 4 is 23.2 Å². The summed E-state index contributed by atoms with van der Waals surface area (Å²) in [7, 11) is 0. The van der Waals surface area contributed by atoms with Gasteiger partial charge in [-0.25, -0.2) is 4.90 Å². The van der Waals surface area contributed by atoms with Crippen LogP contribution in [-0.2, 0) is 14.3 Å². The number of nitro groups is 1. The third-order valence-corrected chi connectivity index (χ3v) is 4.33. The monoisotopic (exact) mass is 333 g/mol. The quantitative estimate of drug-likeness (QED) is 0.471. The first-order valence-corrected chi connectivity index (χ1v) is 7.87. The van der Waals surface area contributed by atoms with Crippen LogP contribution in [0.2, 0.25) is 0 Å². The summed E-state index contributed by atoms with van der Waals surface area (Å²) >= 11 is 0. The maximum Gasteiger partial charge on any atom is 0.269 e. The average Bonchev–Trinajstić information content (AvgIpc) is 2.81. The topological polar surface area (TPSA) is 93.0 Å². The van der Waals surface area contributed by atoms with Gasteiger partial charge in [-0.05, 0) is 26.0 Å². The second-order valence-corrected chi connectivity index (χ2v) is 6.27. The predicted octanol–water partition coefficient (Wildman–Crippen LogP) is 1.34. The molecule has 0 spiro atoms. The molecule has 0 N–H and O–H groups in total. The second-order valence-electron chi connectivity index (χ2n) is 6.27. The number of carbonyl (C=O) groups excluding carboxylic acids is 2. The Morgan fingerprint density at radius 3 is 2.25 bits per heavy atom. The maximum atomic E-state index is 12.7. The van der Waals surface area contributed by atoms with Crippen molar-refractivity contribution in [1.82, 2.24) is 4.90 Å². The SMILES string of the molecule is C[C@H]1CN([C@@H]2CC(=O)N(c3ccc([N+](=O)[O-])cc3)C2=O)C[C@H](C)O1. The van der Waals surface area contributed by atoms with E-state index in [0.717, 1.165) is 4.90 Å². The van der Waals surface area contributed by atoms with Gasteiger partial charge in [-0.2, -0.15) is 0 Å². The van der Waals surface area contributed by atoms with Gasteiger partial charge in [0, 0.05) is 25.2 Å². The van der Waals surface area contributed by atoms with Gasteiger partial charge in [0.2, 0.25) is 5.91 Å². The molecule has 2 amide bonds. The Morgan fingerprint density at radius 2 is 1.71 bits per heavy atom. The van der Waals surface area contributed by atoms with Crippen LogP contribution in [0.4, 0.5) is 11.4 Å². The van der Waals surface area contributed by atoms with Gasteiger partial charge in [0.05, 0.1) is 35.3 Å². The Kier molecular flexibility index (Phi) is 4.33. The van der Waals surface area contributed by atoms with Crippen molar-refractivity contribution in [3.05, 3.63) is 34.4 Å². The van der Waals surface area contributed by atoms with Gasteiger partial charge in [-0.1, -0.05) is 0 Å². The van der Waals surface area contributed by atoms with E-state index < -0.39 is 11.0 Å². The lowest BCUT2D eigenvalue weighted by Crippen LogP contribution is -2.52. The van der Waals surface area contributed by atoms with Crippen LogP contribution < -0.4 is 4.90 Å². The van der Waals surface area contributed by atoms with Gasteiger partial charge in [0.1, 0.15) is 0 Å². The molecule has 0 bridgehead atoms. The Hall–Kier alpha value is -2.32. The number of rotatable bonds is 3. The number of anilines is 1. The fourth-order valence-corrected chi connectivity index (χ4v) is 3.37. The summed E-state index contributed by atoms with van der Waals surface area (Å²) in [6.07, 6.45) is 0.130. The summed E-state index contributed by atoms with van der Waals surface area (Å²) in [6.45, 7) is 5.08. The molecule has 3 atom stereocenters. The Labute approximate surface area is 139 Å². The molecule has 0 saturated carbocycles. The number of benzene rings is 1. The van der Waals surface area contributed by atoms with Gasteiger partial charge < -0.3 is 4.74 Å². The molecule has 128 valence electrons. The van der Waals surface area contributed by atoms with Crippen molar-refractivity contribution in [2.75, 3.05) is 18.0 Å². The maximum absolute atomic E-state index is 12.7. The zero-order valence-corrected chi connectivity index (χ0v) is 13.5. The highest BCUT2D eigenvalue weighted by molar-refractivity contribution is 6.22. The summed E-state index contributed by atoms with van der Waals surface area (Å²) in [4.78, 5) is 38.4. The van der Waals surface area contributed by atoms with E-state index in [0.29, 0.717) is 18.8 Å². The number of nitrogens with zero attached hydrogens (tertiary/aromatic N) is 3. The number of hydrogen-bond acceptors (Lipinski definition) is 6. The molecule has 1 aromatic carbocycles. The number of nitro benzene ring substituents is 1. The van der Waals surface area contributed by atoms with Gasteiger partial charge in [0.15, 0.2) is 0 Å². The van der Waals surface area contributed by atoms with Crippen LogP contribution in [0.5, 0.6) is 0 Å². The highest BCUT2D eigenvalue weighted by Crippen LogP contribution is 2.28. The Morgan fingerprint density at radius 1 is 1.12 bits per heavy atom. The number of hydrogen-bond donors (Lipinski definition) is 0. The molecule has 8 heteroatoms. The predicted molar refractivity (Wildman–Crippen MR) is 85.6 cm³/mol. The molecule has 0 radical (unpaired) electrons. The molecule has 2 fully saturated rings. The van der Waals surface area contributed by atoms with E-state index in [9.17, 15) is 19.7 Å². The lowest BCUT2D eigenvalue weighted by molar-refractivity contribution is -0.384. The normalized spacial score (nSPS) is 28.4. The molecule has 2 aliphatic heterocycles. The molecule has 1 aromatic rings. The van der Waals surface area contributed by atoms with E-state index in [1.54, 1.807) is 0 Å². The van der Waals surface area contributed by atoms with E-state index in [4.69, 9.17) is 4.74 Å². The minimum Gasteiger partial charge on any atom is -0.373 e. The van der Waals surface area contributed by atoms with Crippen LogP contribution in [-0.4, -0.2) is 53.0 Å². The fourth-order valence-electron chi connectivity index (χ4n) is 3.37. The minimum absolute atomic E-state index is 0.00470. The van der Waals surface area contributed by atoms with Crippen LogP contribution >= 0.6 is 0 Å². The van der Waals surface area contributed by atoms with Crippen LogP contribution in [0.1, 0.15) is 20.3 Å². The lowest BCUT2D eigenvalue weighted by Gasteiger charge is -2.37. The zero-order chi connectivity index (χ0) is 17.4. The van der Waals surface area contributed by atoms with E-state index in [-0.39, 0.29) is 36.1 Å². The summed E-state index contributed by atoms with van der Waals surface area (Å²) in [5, 5.41) is 10.7. The molecule has 8 nitrogen and oxygen atoms in total. The highest BCUT2D eigenvalue weighted by atomic mass is 16.6. The van der Waals surface area contributed by atoms with E-state index in [1.807, 2.05) is 18.7 Å². The zero-order valence-electron chi connectivity index (χ0n) is 13.5. The molecule has 2 heterocycles. The Bertz CT molecular complexity index is 665. The fraction of sp³-hybridized carbons (Fsp3) is 0.500. The number of ether oxygens (including phenoxy) is 1. The minimum atomic E-state index is -0.517. The first-order valence-electron chi connectivity index (χ1n) is 7.87. The second kappa shape index (κ2) is 6.29. The van der Waals surface area contributed by atoms with E-state index in [1.165, 1.54) is 24.3 Å². The molecule has 3 rings (SSSR count).